The fourth-order valence-corrected chi connectivity index (χ4v) is 3.79. The Labute approximate surface area is 153 Å². The first-order valence-corrected chi connectivity index (χ1v) is 8.54. The highest BCUT2D eigenvalue weighted by molar-refractivity contribution is 7.24. The van der Waals surface area contributed by atoms with E-state index in [2.05, 4.69) is 84.2 Å². The molecule has 24 heavy (non-hydrogen) atoms. The molecule has 0 radical (unpaired) electrons. The van der Waals surface area contributed by atoms with Gasteiger partial charge in [-0.05, 0) is 31.8 Å². The molecule has 4 aromatic rings. The van der Waals surface area contributed by atoms with Crippen LogP contribution >= 0.6 is 11.3 Å². The Kier molecular flexibility index (Phi) is 6.68. The predicted octanol–water partition coefficient (Wildman–Crippen LogP) is 2.84. The smallest absolute Gasteiger partial charge is 0.239 e. The van der Waals surface area contributed by atoms with Crippen molar-refractivity contribution in [3.8, 4) is 11.1 Å². The summed E-state index contributed by atoms with van der Waals surface area (Å²) in [4.78, 5) is 0. The summed E-state index contributed by atoms with van der Waals surface area (Å²) in [6.45, 7) is 0. The molecule has 4 rings (SSSR count). The fourth-order valence-electron chi connectivity index (χ4n) is 2.70. The molecule has 1 aromatic heterocycles. The second-order valence-electron chi connectivity index (χ2n) is 5.34. The number of nitrogens with one attached hydrogen (secondary N) is 1. The van der Waals surface area contributed by atoms with Crippen molar-refractivity contribution < 1.29 is 12.4 Å². The maximum absolute atomic E-state index is 2.75. The van der Waals surface area contributed by atoms with Crippen LogP contribution in [0.1, 0.15) is 0 Å². The van der Waals surface area contributed by atoms with Gasteiger partial charge in [-0.15, -0.1) is 0 Å². The molecule has 0 amide bonds. The highest BCUT2D eigenvalue weighted by Gasteiger charge is 2.17. The minimum atomic E-state index is 0. The average molecular weight is 354 g/mol. The van der Waals surface area contributed by atoms with Gasteiger partial charge in [-0.25, -0.2) is 0 Å². The van der Waals surface area contributed by atoms with Gasteiger partial charge in [-0.2, -0.15) is 0 Å². The Bertz CT molecular complexity index is 868. The zero-order valence-corrected chi connectivity index (χ0v) is 15.4. The first-order valence-electron chi connectivity index (χ1n) is 7.72. The zero-order valence-electron chi connectivity index (χ0n) is 13.8. The summed E-state index contributed by atoms with van der Waals surface area (Å²) < 4.78 is 2.68. The van der Waals surface area contributed by atoms with E-state index in [1.165, 1.54) is 31.3 Å². The van der Waals surface area contributed by atoms with Crippen molar-refractivity contribution in [3.05, 3.63) is 78.9 Å². The molecule has 0 atom stereocenters. The van der Waals surface area contributed by atoms with Crippen molar-refractivity contribution in [2.24, 2.45) is 0 Å². The first-order chi connectivity index (χ1) is 11.3. The second-order valence-corrected chi connectivity index (χ2v) is 6.42. The maximum atomic E-state index is 2.75. The number of rotatable bonds is 1. The highest BCUT2D eigenvalue weighted by Crippen LogP contribution is 2.38. The molecule has 0 bridgehead atoms. The third kappa shape index (κ3) is 3.73. The Balaban J connectivity index is 0.000000487. The molecule has 0 unspecified atom stereocenters. The van der Waals surface area contributed by atoms with E-state index in [0.717, 1.165) is 0 Å². The zero-order chi connectivity index (χ0) is 16.1. The SMILES string of the molecule is CNC.[Cl-].c1ccc(-c2c3ccccc3[s+]c3ccccc23)cc1. The van der Waals surface area contributed by atoms with Gasteiger partial charge in [-0.1, -0.05) is 54.6 Å². The van der Waals surface area contributed by atoms with Crippen LogP contribution in [0.25, 0.3) is 31.3 Å². The topological polar surface area (TPSA) is 12.0 Å². The molecular formula is C21H20ClNS. The van der Waals surface area contributed by atoms with Gasteiger partial charge in [0.15, 0.2) is 0 Å². The van der Waals surface area contributed by atoms with Crippen LogP contribution < -0.4 is 17.7 Å². The molecule has 122 valence electrons. The van der Waals surface area contributed by atoms with E-state index < -0.39 is 0 Å². The van der Waals surface area contributed by atoms with Crippen molar-refractivity contribution in [1.29, 1.82) is 0 Å². The van der Waals surface area contributed by atoms with E-state index in [1.807, 2.05) is 25.4 Å². The lowest BCUT2D eigenvalue weighted by molar-refractivity contribution is -0.00000441. The Hall–Kier alpha value is -2.00. The van der Waals surface area contributed by atoms with Crippen LogP contribution in [0.3, 0.4) is 0 Å². The van der Waals surface area contributed by atoms with Gasteiger partial charge in [0.25, 0.3) is 0 Å². The predicted molar refractivity (Wildman–Crippen MR) is 104 cm³/mol. The van der Waals surface area contributed by atoms with Gasteiger partial charge in [0, 0.05) is 28.5 Å². The molecule has 0 aliphatic heterocycles. The van der Waals surface area contributed by atoms with Crippen molar-refractivity contribution in [3.63, 3.8) is 0 Å². The van der Waals surface area contributed by atoms with E-state index in [9.17, 15) is 0 Å². The Morgan fingerprint density at radius 1 is 0.625 bits per heavy atom. The van der Waals surface area contributed by atoms with Crippen LogP contribution in [0.5, 0.6) is 0 Å². The van der Waals surface area contributed by atoms with Crippen molar-refractivity contribution in [2.75, 3.05) is 14.1 Å². The standard InChI is InChI=1S/C19H13S.C2H7N.ClH/c1-2-8-14(9-3-1)19-15-10-4-6-12-17(15)20-18-13-7-5-11-16(18)19;1-3-2;/h1-13H;3H,1-2H3;1H/q+1;;/p-1. The maximum Gasteiger partial charge on any atom is 0.239 e. The molecule has 0 aliphatic rings. The number of fused-ring (bicyclic) bond motifs is 2. The molecule has 1 heterocycles. The molecule has 0 spiro atoms. The quantitative estimate of drug-likeness (QED) is 0.410. The summed E-state index contributed by atoms with van der Waals surface area (Å²) in [5, 5.41) is 5.42. The van der Waals surface area contributed by atoms with Crippen LogP contribution in [0.2, 0.25) is 0 Å². The molecule has 0 aliphatic carbocycles. The summed E-state index contributed by atoms with van der Waals surface area (Å²) in [6.07, 6.45) is 0. The average Bonchev–Trinajstić information content (AvgIpc) is 2.61. The Morgan fingerprint density at radius 3 is 1.54 bits per heavy atom. The number of benzene rings is 3. The molecule has 0 saturated carbocycles. The van der Waals surface area contributed by atoms with Gasteiger partial charge < -0.3 is 17.7 Å². The molecule has 3 heteroatoms. The van der Waals surface area contributed by atoms with Crippen LogP contribution in [0, 0.1) is 0 Å². The van der Waals surface area contributed by atoms with Gasteiger partial charge in [0.2, 0.25) is 20.7 Å². The van der Waals surface area contributed by atoms with Crippen LogP contribution in [0.15, 0.2) is 78.9 Å². The number of halogens is 1. The molecule has 0 saturated heterocycles. The molecule has 1 N–H and O–H groups in total. The monoisotopic (exact) mass is 353 g/mol. The van der Waals surface area contributed by atoms with Crippen molar-refractivity contribution in [1.82, 2.24) is 5.32 Å². The van der Waals surface area contributed by atoms with Crippen LogP contribution in [0.4, 0.5) is 0 Å². The van der Waals surface area contributed by atoms with Crippen LogP contribution in [-0.2, 0) is 0 Å². The summed E-state index contributed by atoms with van der Waals surface area (Å²) in [7, 11) is 3.75. The molecular weight excluding hydrogens is 334 g/mol. The minimum absolute atomic E-state index is 0. The lowest BCUT2D eigenvalue weighted by Gasteiger charge is -2.05. The largest absolute Gasteiger partial charge is 1.00 e. The molecule has 3 aromatic carbocycles. The van der Waals surface area contributed by atoms with Gasteiger partial charge in [-0.3, -0.25) is 0 Å². The summed E-state index contributed by atoms with van der Waals surface area (Å²) in [5.74, 6) is 0. The number of hydrogen-bond acceptors (Lipinski definition) is 1. The van der Waals surface area contributed by atoms with Gasteiger partial charge >= 0.3 is 0 Å². The third-order valence-corrected chi connectivity index (χ3v) is 4.75. The molecule has 1 nitrogen and oxygen atoms in total. The minimum Gasteiger partial charge on any atom is -1.00 e. The lowest BCUT2D eigenvalue weighted by atomic mass is 9.99. The molecule has 0 fully saturated rings. The van der Waals surface area contributed by atoms with E-state index in [1.54, 1.807) is 0 Å². The van der Waals surface area contributed by atoms with E-state index in [-0.39, 0.29) is 12.4 Å². The Morgan fingerprint density at radius 2 is 1.04 bits per heavy atom. The third-order valence-electron chi connectivity index (χ3n) is 3.60. The summed E-state index contributed by atoms with van der Waals surface area (Å²) in [6, 6.07) is 28.0. The van der Waals surface area contributed by atoms with Gasteiger partial charge in [0.1, 0.15) is 0 Å². The van der Waals surface area contributed by atoms with Crippen LogP contribution in [-0.4, -0.2) is 14.1 Å². The fraction of sp³-hybridized carbons (Fsp3) is 0.0952. The summed E-state index contributed by atoms with van der Waals surface area (Å²) >= 11 is 1.86. The lowest BCUT2D eigenvalue weighted by Crippen LogP contribution is -3.00. The van der Waals surface area contributed by atoms with E-state index >= 15 is 0 Å². The van der Waals surface area contributed by atoms with Crippen molar-refractivity contribution >= 4 is 31.5 Å². The highest BCUT2D eigenvalue weighted by atomic mass is 35.5. The van der Waals surface area contributed by atoms with Gasteiger partial charge in [0.05, 0.1) is 0 Å². The first kappa shape index (κ1) is 18.3. The van der Waals surface area contributed by atoms with E-state index in [4.69, 9.17) is 0 Å². The second kappa shape index (κ2) is 8.74. The summed E-state index contributed by atoms with van der Waals surface area (Å²) in [5.41, 5.74) is 2.63. The number of hydrogen-bond donors (Lipinski definition) is 1. The van der Waals surface area contributed by atoms with E-state index in [0.29, 0.717) is 0 Å². The normalized spacial score (nSPS) is 9.92. The van der Waals surface area contributed by atoms with Crippen molar-refractivity contribution in [2.45, 2.75) is 0 Å².